The second kappa shape index (κ2) is 4.35. The first-order chi connectivity index (χ1) is 6.07. The fraction of sp³-hybridized carbons (Fsp3) is 1.00. The highest BCUT2D eigenvalue weighted by molar-refractivity contribution is 7.88. The number of fused-ring (bicyclic) bond motifs is 1. The highest BCUT2D eigenvalue weighted by Gasteiger charge is 2.35. The largest absolute Gasteiger partial charge is 0.316 e. The summed E-state index contributed by atoms with van der Waals surface area (Å²) in [6.45, 7) is 3.48. The van der Waals surface area contributed by atoms with Gasteiger partial charge in [-0.05, 0) is 31.3 Å². The third-order valence-electron chi connectivity index (χ3n) is 3.14. The smallest absolute Gasteiger partial charge is 0.211 e. The Morgan fingerprint density at radius 1 is 1.29 bits per heavy atom. The molecule has 2 unspecified atom stereocenters. The van der Waals surface area contributed by atoms with E-state index in [2.05, 4.69) is 5.32 Å². The molecule has 0 spiro atoms. The number of halogens is 1. The van der Waals surface area contributed by atoms with Gasteiger partial charge in [0.15, 0.2) is 0 Å². The van der Waals surface area contributed by atoms with Gasteiger partial charge in [-0.2, -0.15) is 0 Å². The molecule has 0 aromatic carbocycles. The van der Waals surface area contributed by atoms with Crippen molar-refractivity contribution in [2.24, 2.45) is 11.8 Å². The average molecular weight is 241 g/mol. The molecule has 2 rings (SSSR count). The standard InChI is InChI=1S/C8H16N2O2S.ClH/c1-13(11,12)10-3-2-7-4-9-5-8(7)6-10;/h7-9H,2-6H2,1H3;1H. The molecule has 0 radical (unpaired) electrons. The summed E-state index contributed by atoms with van der Waals surface area (Å²) in [5, 5.41) is 3.31. The van der Waals surface area contributed by atoms with Crippen LogP contribution in [0.25, 0.3) is 0 Å². The Hall–Kier alpha value is 0.160. The maximum Gasteiger partial charge on any atom is 0.211 e. The van der Waals surface area contributed by atoms with Gasteiger partial charge in [0.25, 0.3) is 0 Å². The van der Waals surface area contributed by atoms with Crippen LogP contribution in [0, 0.1) is 11.8 Å². The summed E-state index contributed by atoms with van der Waals surface area (Å²) >= 11 is 0. The minimum absolute atomic E-state index is 0. The van der Waals surface area contributed by atoms with E-state index in [4.69, 9.17) is 0 Å². The van der Waals surface area contributed by atoms with E-state index in [1.165, 1.54) is 6.26 Å². The van der Waals surface area contributed by atoms with Gasteiger partial charge in [0.1, 0.15) is 0 Å². The van der Waals surface area contributed by atoms with Crippen molar-refractivity contribution in [2.75, 3.05) is 32.4 Å². The van der Waals surface area contributed by atoms with Gasteiger partial charge in [-0.25, -0.2) is 12.7 Å². The van der Waals surface area contributed by atoms with Gasteiger partial charge >= 0.3 is 0 Å². The van der Waals surface area contributed by atoms with Crippen molar-refractivity contribution in [3.05, 3.63) is 0 Å². The molecule has 84 valence electrons. The summed E-state index contributed by atoms with van der Waals surface area (Å²) in [6, 6.07) is 0. The van der Waals surface area contributed by atoms with Crippen molar-refractivity contribution in [1.29, 1.82) is 0 Å². The Labute approximate surface area is 91.5 Å². The van der Waals surface area contributed by atoms with Crippen molar-refractivity contribution in [3.63, 3.8) is 0 Å². The molecule has 2 aliphatic heterocycles. The molecular weight excluding hydrogens is 224 g/mol. The molecule has 0 bridgehead atoms. The second-order valence-electron chi connectivity index (χ2n) is 4.09. The number of nitrogens with zero attached hydrogens (tertiary/aromatic N) is 1. The van der Waals surface area contributed by atoms with E-state index in [0.29, 0.717) is 18.4 Å². The van der Waals surface area contributed by atoms with E-state index in [1.54, 1.807) is 4.31 Å². The lowest BCUT2D eigenvalue weighted by Gasteiger charge is -2.32. The lowest BCUT2D eigenvalue weighted by atomic mass is 9.90. The van der Waals surface area contributed by atoms with E-state index < -0.39 is 10.0 Å². The van der Waals surface area contributed by atoms with Crippen LogP contribution in [0.15, 0.2) is 0 Å². The first-order valence-corrected chi connectivity index (χ1v) is 6.58. The Kier molecular flexibility index (Phi) is 3.80. The van der Waals surface area contributed by atoms with Gasteiger partial charge in [0.2, 0.25) is 10.0 Å². The quantitative estimate of drug-likeness (QED) is 0.697. The van der Waals surface area contributed by atoms with E-state index >= 15 is 0 Å². The van der Waals surface area contributed by atoms with Gasteiger partial charge in [-0.15, -0.1) is 12.4 Å². The highest BCUT2D eigenvalue weighted by atomic mass is 35.5. The molecule has 0 aromatic heterocycles. The molecule has 4 nitrogen and oxygen atoms in total. The van der Waals surface area contributed by atoms with Crippen LogP contribution < -0.4 is 5.32 Å². The van der Waals surface area contributed by atoms with Crippen LogP contribution in [0.3, 0.4) is 0 Å². The van der Waals surface area contributed by atoms with Gasteiger partial charge in [0, 0.05) is 13.1 Å². The maximum absolute atomic E-state index is 11.3. The van der Waals surface area contributed by atoms with Crippen LogP contribution >= 0.6 is 12.4 Å². The topological polar surface area (TPSA) is 49.4 Å². The van der Waals surface area contributed by atoms with Gasteiger partial charge < -0.3 is 5.32 Å². The molecule has 2 heterocycles. The van der Waals surface area contributed by atoms with Crippen LogP contribution in [0.1, 0.15) is 6.42 Å². The summed E-state index contributed by atoms with van der Waals surface area (Å²) in [4.78, 5) is 0. The Morgan fingerprint density at radius 3 is 2.57 bits per heavy atom. The number of rotatable bonds is 1. The Balaban J connectivity index is 0.000000980. The van der Waals surface area contributed by atoms with E-state index in [0.717, 1.165) is 26.1 Å². The average Bonchev–Trinajstić information content (AvgIpc) is 2.47. The Morgan fingerprint density at radius 2 is 1.93 bits per heavy atom. The van der Waals surface area contributed by atoms with Gasteiger partial charge in [-0.3, -0.25) is 0 Å². The molecule has 2 aliphatic rings. The van der Waals surface area contributed by atoms with Crippen LogP contribution in [-0.2, 0) is 10.0 Å². The first kappa shape index (κ1) is 12.2. The van der Waals surface area contributed by atoms with Crippen LogP contribution in [0.4, 0.5) is 0 Å². The summed E-state index contributed by atoms with van der Waals surface area (Å²) in [6.07, 6.45) is 2.32. The van der Waals surface area contributed by atoms with E-state index in [-0.39, 0.29) is 12.4 Å². The minimum Gasteiger partial charge on any atom is -0.316 e. The fourth-order valence-corrected chi connectivity index (χ4v) is 3.20. The van der Waals surface area contributed by atoms with Crippen LogP contribution in [0.5, 0.6) is 0 Å². The SMILES string of the molecule is CS(=O)(=O)N1CCC2CNCC2C1.Cl. The van der Waals surface area contributed by atoms with E-state index in [9.17, 15) is 8.42 Å². The molecule has 14 heavy (non-hydrogen) atoms. The molecule has 1 N–H and O–H groups in total. The monoisotopic (exact) mass is 240 g/mol. The van der Waals surface area contributed by atoms with Crippen molar-refractivity contribution >= 4 is 22.4 Å². The summed E-state index contributed by atoms with van der Waals surface area (Å²) in [5.74, 6) is 1.25. The van der Waals surface area contributed by atoms with Crippen molar-refractivity contribution in [1.82, 2.24) is 9.62 Å². The summed E-state index contributed by atoms with van der Waals surface area (Å²) in [7, 11) is -2.96. The fourth-order valence-electron chi connectivity index (χ4n) is 2.30. The molecule has 6 heteroatoms. The number of piperidine rings is 1. The molecule has 0 amide bonds. The summed E-state index contributed by atoms with van der Waals surface area (Å²) < 4.78 is 24.2. The third kappa shape index (κ3) is 2.39. The third-order valence-corrected chi connectivity index (χ3v) is 4.41. The Bertz CT molecular complexity index is 294. The van der Waals surface area contributed by atoms with Gasteiger partial charge in [-0.1, -0.05) is 0 Å². The predicted molar refractivity (Wildman–Crippen MR) is 58.1 cm³/mol. The number of hydrogen-bond donors (Lipinski definition) is 1. The van der Waals surface area contributed by atoms with E-state index in [1.807, 2.05) is 0 Å². The molecule has 0 aliphatic carbocycles. The highest BCUT2D eigenvalue weighted by Crippen LogP contribution is 2.27. The van der Waals surface area contributed by atoms with Crippen molar-refractivity contribution in [3.8, 4) is 0 Å². The van der Waals surface area contributed by atoms with Crippen molar-refractivity contribution < 1.29 is 8.42 Å². The number of nitrogens with one attached hydrogen (secondary N) is 1. The van der Waals surface area contributed by atoms with Crippen LogP contribution in [0.2, 0.25) is 0 Å². The van der Waals surface area contributed by atoms with Crippen molar-refractivity contribution in [2.45, 2.75) is 6.42 Å². The first-order valence-electron chi connectivity index (χ1n) is 4.73. The summed E-state index contributed by atoms with van der Waals surface area (Å²) in [5.41, 5.74) is 0. The lowest BCUT2D eigenvalue weighted by molar-refractivity contribution is 0.229. The molecule has 2 saturated heterocycles. The molecular formula is C8H17ClN2O2S. The number of hydrogen-bond acceptors (Lipinski definition) is 3. The lowest BCUT2D eigenvalue weighted by Crippen LogP contribution is -2.42. The van der Waals surface area contributed by atoms with Crippen LogP contribution in [-0.4, -0.2) is 45.2 Å². The zero-order chi connectivity index (χ0) is 9.47. The normalized spacial score (nSPS) is 33.5. The molecule has 0 saturated carbocycles. The maximum atomic E-state index is 11.3. The molecule has 0 aromatic rings. The van der Waals surface area contributed by atoms with Gasteiger partial charge in [0.05, 0.1) is 6.26 Å². The zero-order valence-electron chi connectivity index (χ0n) is 8.27. The second-order valence-corrected chi connectivity index (χ2v) is 6.07. The minimum atomic E-state index is -2.96. The predicted octanol–water partition coefficient (Wildman–Crippen LogP) is -0.0909. The number of sulfonamides is 1. The zero-order valence-corrected chi connectivity index (χ0v) is 9.90. The molecule has 2 atom stereocenters. The molecule has 2 fully saturated rings.